The van der Waals surface area contributed by atoms with Crippen LogP contribution in [0.4, 0.5) is 5.82 Å². The van der Waals surface area contributed by atoms with Crippen LogP contribution >= 0.6 is 0 Å². The number of benzene rings is 1. The molecule has 0 unspecified atom stereocenters. The Morgan fingerprint density at radius 2 is 1.93 bits per heavy atom. The topological polar surface area (TPSA) is 66.9 Å². The number of amides is 1. The summed E-state index contributed by atoms with van der Waals surface area (Å²) in [7, 11) is 0. The SMILES string of the molecule is O=C(CCN1CCN(c2ccccn2)CC1)NCc1ccc2c(c1)OCO2. The second-order valence-corrected chi connectivity index (χ2v) is 6.73. The summed E-state index contributed by atoms with van der Waals surface area (Å²) >= 11 is 0. The Morgan fingerprint density at radius 3 is 2.74 bits per heavy atom. The van der Waals surface area contributed by atoms with Crippen molar-refractivity contribution in [2.45, 2.75) is 13.0 Å². The van der Waals surface area contributed by atoms with Crippen molar-refractivity contribution in [1.29, 1.82) is 0 Å². The van der Waals surface area contributed by atoms with Gasteiger partial charge in [-0.15, -0.1) is 0 Å². The van der Waals surface area contributed by atoms with Crippen molar-refractivity contribution in [2.24, 2.45) is 0 Å². The molecule has 3 heterocycles. The average Bonchev–Trinajstić information content (AvgIpc) is 3.19. The van der Waals surface area contributed by atoms with Crippen molar-refractivity contribution < 1.29 is 14.3 Å². The zero-order valence-electron chi connectivity index (χ0n) is 15.3. The summed E-state index contributed by atoms with van der Waals surface area (Å²) in [5.74, 6) is 2.60. The molecule has 1 fully saturated rings. The number of pyridine rings is 1. The molecule has 1 amide bonds. The highest BCUT2D eigenvalue weighted by molar-refractivity contribution is 5.76. The van der Waals surface area contributed by atoms with Gasteiger partial charge in [-0.3, -0.25) is 9.69 Å². The Balaban J connectivity index is 1.17. The Bertz CT molecular complexity index is 776. The number of carbonyl (C=O) groups is 1. The summed E-state index contributed by atoms with van der Waals surface area (Å²) in [4.78, 5) is 21.2. The first kappa shape index (κ1) is 17.6. The fraction of sp³-hybridized carbons (Fsp3) is 0.400. The monoisotopic (exact) mass is 368 g/mol. The van der Waals surface area contributed by atoms with Crippen molar-refractivity contribution in [1.82, 2.24) is 15.2 Å². The Morgan fingerprint density at radius 1 is 1.07 bits per heavy atom. The van der Waals surface area contributed by atoms with E-state index in [0.717, 1.165) is 55.6 Å². The van der Waals surface area contributed by atoms with Gasteiger partial charge >= 0.3 is 0 Å². The van der Waals surface area contributed by atoms with Crippen molar-refractivity contribution >= 4 is 11.7 Å². The number of aromatic nitrogens is 1. The van der Waals surface area contributed by atoms with Gasteiger partial charge in [0.1, 0.15) is 5.82 Å². The number of nitrogens with zero attached hydrogens (tertiary/aromatic N) is 3. The maximum atomic E-state index is 12.2. The summed E-state index contributed by atoms with van der Waals surface area (Å²) in [5.41, 5.74) is 1.01. The molecule has 1 aromatic heterocycles. The van der Waals surface area contributed by atoms with Crippen molar-refractivity contribution in [2.75, 3.05) is 44.4 Å². The van der Waals surface area contributed by atoms with Crippen LogP contribution in [0, 0.1) is 0 Å². The molecule has 0 saturated carbocycles. The number of anilines is 1. The van der Waals surface area contributed by atoms with E-state index < -0.39 is 0 Å². The minimum absolute atomic E-state index is 0.0693. The maximum absolute atomic E-state index is 12.2. The number of carbonyl (C=O) groups excluding carboxylic acids is 1. The summed E-state index contributed by atoms with van der Waals surface area (Å²) in [5, 5.41) is 2.98. The van der Waals surface area contributed by atoms with Crippen LogP contribution < -0.4 is 19.7 Å². The molecule has 4 rings (SSSR count). The molecule has 0 radical (unpaired) electrons. The van der Waals surface area contributed by atoms with E-state index in [1.807, 2.05) is 42.6 Å². The highest BCUT2D eigenvalue weighted by atomic mass is 16.7. The standard InChI is InChI=1S/C20H24N4O3/c25-20(22-14-16-4-5-17-18(13-16)27-15-26-17)6-8-23-9-11-24(12-10-23)19-3-1-2-7-21-19/h1-5,7,13H,6,8-12,14-15H2,(H,22,25). The lowest BCUT2D eigenvalue weighted by molar-refractivity contribution is -0.121. The van der Waals surface area contributed by atoms with Gasteiger partial charge in [-0.1, -0.05) is 12.1 Å². The molecule has 2 aromatic rings. The van der Waals surface area contributed by atoms with Gasteiger partial charge in [0.25, 0.3) is 0 Å². The van der Waals surface area contributed by atoms with Crippen LogP contribution in [0.25, 0.3) is 0 Å². The van der Waals surface area contributed by atoms with Crippen LogP contribution in [0.1, 0.15) is 12.0 Å². The third-order valence-corrected chi connectivity index (χ3v) is 4.93. The molecule has 0 aliphatic carbocycles. The van der Waals surface area contributed by atoms with E-state index in [-0.39, 0.29) is 12.7 Å². The van der Waals surface area contributed by atoms with Gasteiger partial charge < -0.3 is 19.7 Å². The molecule has 1 saturated heterocycles. The van der Waals surface area contributed by atoms with Crippen LogP contribution in [0.5, 0.6) is 11.5 Å². The molecule has 2 aliphatic heterocycles. The summed E-state index contributed by atoms with van der Waals surface area (Å²) < 4.78 is 10.7. The van der Waals surface area contributed by atoms with E-state index in [1.165, 1.54) is 0 Å². The number of hydrogen-bond donors (Lipinski definition) is 1. The number of ether oxygens (including phenoxy) is 2. The molecule has 27 heavy (non-hydrogen) atoms. The molecule has 0 atom stereocenters. The number of hydrogen-bond acceptors (Lipinski definition) is 6. The van der Waals surface area contributed by atoms with E-state index in [2.05, 4.69) is 20.1 Å². The van der Waals surface area contributed by atoms with E-state index >= 15 is 0 Å². The van der Waals surface area contributed by atoms with E-state index in [1.54, 1.807) is 0 Å². The van der Waals surface area contributed by atoms with E-state index in [4.69, 9.17) is 9.47 Å². The second kappa shape index (κ2) is 8.26. The minimum Gasteiger partial charge on any atom is -0.454 e. The zero-order valence-corrected chi connectivity index (χ0v) is 15.3. The first-order chi connectivity index (χ1) is 13.3. The third kappa shape index (κ3) is 4.49. The van der Waals surface area contributed by atoms with Crippen LogP contribution in [0.2, 0.25) is 0 Å². The Labute approximate surface area is 158 Å². The van der Waals surface area contributed by atoms with Gasteiger partial charge in [-0.2, -0.15) is 0 Å². The number of rotatable bonds is 6. The van der Waals surface area contributed by atoms with Gasteiger partial charge in [0, 0.05) is 51.9 Å². The molecule has 0 spiro atoms. The zero-order chi connectivity index (χ0) is 18.5. The van der Waals surface area contributed by atoms with Crippen molar-refractivity contribution in [3.8, 4) is 11.5 Å². The van der Waals surface area contributed by atoms with Crippen LogP contribution in [-0.4, -0.2) is 55.3 Å². The van der Waals surface area contributed by atoms with Gasteiger partial charge in [0.15, 0.2) is 11.5 Å². The molecular formula is C20H24N4O3. The molecule has 142 valence electrons. The van der Waals surface area contributed by atoms with E-state index in [9.17, 15) is 4.79 Å². The fourth-order valence-electron chi connectivity index (χ4n) is 3.34. The molecule has 1 N–H and O–H groups in total. The summed E-state index contributed by atoms with van der Waals surface area (Å²) in [6.45, 7) is 5.33. The maximum Gasteiger partial charge on any atom is 0.231 e. The molecule has 1 aromatic carbocycles. The largest absolute Gasteiger partial charge is 0.454 e. The van der Waals surface area contributed by atoms with E-state index in [0.29, 0.717) is 13.0 Å². The molecule has 0 bridgehead atoms. The third-order valence-electron chi connectivity index (χ3n) is 4.93. The fourth-order valence-corrected chi connectivity index (χ4v) is 3.34. The van der Waals surface area contributed by atoms with Gasteiger partial charge in [-0.25, -0.2) is 4.98 Å². The predicted octanol–water partition coefficient (Wildman–Crippen LogP) is 1.64. The van der Waals surface area contributed by atoms with Gasteiger partial charge in [-0.05, 0) is 29.8 Å². The second-order valence-electron chi connectivity index (χ2n) is 6.73. The number of piperazine rings is 1. The predicted molar refractivity (Wildman–Crippen MR) is 102 cm³/mol. The molecular weight excluding hydrogens is 344 g/mol. The first-order valence-corrected chi connectivity index (χ1v) is 9.31. The van der Waals surface area contributed by atoms with Crippen molar-refractivity contribution in [3.05, 3.63) is 48.2 Å². The average molecular weight is 368 g/mol. The minimum atomic E-state index is 0.0693. The quantitative estimate of drug-likeness (QED) is 0.836. The highest BCUT2D eigenvalue weighted by Crippen LogP contribution is 2.32. The van der Waals surface area contributed by atoms with Crippen LogP contribution in [0.15, 0.2) is 42.6 Å². The van der Waals surface area contributed by atoms with Crippen LogP contribution in [-0.2, 0) is 11.3 Å². The summed E-state index contributed by atoms with van der Waals surface area (Å²) in [6, 6.07) is 11.7. The first-order valence-electron chi connectivity index (χ1n) is 9.31. The number of fused-ring (bicyclic) bond motifs is 1. The normalized spacial score (nSPS) is 16.4. The van der Waals surface area contributed by atoms with Crippen LogP contribution in [0.3, 0.4) is 0 Å². The Hall–Kier alpha value is -2.80. The van der Waals surface area contributed by atoms with Gasteiger partial charge in [0.2, 0.25) is 12.7 Å². The Kier molecular flexibility index (Phi) is 5.39. The lowest BCUT2D eigenvalue weighted by Gasteiger charge is -2.35. The molecule has 2 aliphatic rings. The van der Waals surface area contributed by atoms with Crippen molar-refractivity contribution in [3.63, 3.8) is 0 Å². The highest BCUT2D eigenvalue weighted by Gasteiger charge is 2.18. The lowest BCUT2D eigenvalue weighted by atomic mass is 10.2. The molecule has 7 nitrogen and oxygen atoms in total. The molecule has 7 heteroatoms. The summed E-state index contributed by atoms with van der Waals surface area (Å²) in [6.07, 6.45) is 2.33. The smallest absolute Gasteiger partial charge is 0.231 e. The van der Waals surface area contributed by atoms with Gasteiger partial charge in [0.05, 0.1) is 0 Å². The lowest BCUT2D eigenvalue weighted by Crippen LogP contribution is -2.47. The number of nitrogens with one attached hydrogen (secondary N) is 1.